The van der Waals surface area contributed by atoms with Gasteiger partial charge in [0.25, 0.3) is 10.0 Å². The molecule has 0 fully saturated rings. The largest absolute Gasteiger partial charge is 0.263 e. The quantitative estimate of drug-likeness (QED) is 0.777. The van der Waals surface area contributed by atoms with Crippen LogP contribution >= 0.6 is 0 Å². The van der Waals surface area contributed by atoms with E-state index in [-0.39, 0.29) is 10.7 Å². The van der Waals surface area contributed by atoms with Crippen molar-refractivity contribution in [3.63, 3.8) is 0 Å². The van der Waals surface area contributed by atoms with Gasteiger partial charge in [-0.25, -0.2) is 13.4 Å². The van der Waals surface area contributed by atoms with Crippen molar-refractivity contribution >= 4 is 26.9 Å². The van der Waals surface area contributed by atoms with Gasteiger partial charge in [0.05, 0.1) is 10.3 Å². The van der Waals surface area contributed by atoms with Gasteiger partial charge >= 0.3 is 0 Å². The molecule has 2 aromatic heterocycles. The van der Waals surface area contributed by atoms with Crippen LogP contribution in [0.25, 0.3) is 11.0 Å². The summed E-state index contributed by atoms with van der Waals surface area (Å²) in [7, 11) is -3.66. The Labute approximate surface area is 122 Å². The maximum Gasteiger partial charge on any atom is 0.263 e. The van der Waals surface area contributed by atoms with E-state index in [9.17, 15) is 8.42 Å². The summed E-state index contributed by atoms with van der Waals surface area (Å²) in [4.78, 5) is 4.46. The fourth-order valence-electron chi connectivity index (χ4n) is 1.98. The molecule has 6 nitrogen and oxygen atoms in total. The number of hydrogen-bond acceptors (Lipinski definition) is 4. The first-order valence-electron chi connectivity index (χ1n) is 6.37. The number of aromatic nitrogens is 3. The molecule has 2 N–H and O–H groups in total. The molecule has 0 spiro atoms. The zero-order chi connectivity index (χ0) is 15.0. The van der Waals surface area contributed by atoms with E-state index in [2.05, 4.69) is 19.9 Å². The Morgan fingerprint density at radius 1 is 1.05 bits per heavy atom. The van der Waals surface area contributed by atoms with Crippen LogP contribution < -0.4 is 4.72 Å². The molecule has 21 heavy (non-hydrogen) atoms. The Morgan fingerprint density at radius 3 is 2.48 bits per heavy atom. The molecular formula is C14H14N4O2S. The molecule has 3 aromatic rings. The number of hydrogen-bond donors (Lipinski definition) is 2. The molecule has 0 unspecified atom stereocenters. The minimum absolute atomic E-state index is 0.198. The highest BCUT2D eigenvalue weighted by Gasteiger charge is 2.17. The van der Waals surface area contributed by atoms with Crippen LogP contribution in [0.15, 0.2) is 41.3 Å². The summed E-state index contributed by atoms with van der Waals surface area (Å²) in [6.45, 7) is 3.76. The van der Waals surface area contributed by atoms with Crippen LogP contribution in [0.2, 0.25) is 0 Å². The van der Waals surface area contributed by atoms with Crippen molar-refractivity contribution in [2.24, 2.45) is 0 Å². The molecule has 0 aliphatic rings. The molecule has 0 aliphatic heterocycles. The molecule has 1 aromatic carbocycles. The Kier molecular flexibility index (Phi) is 3.13. The summed E-state index contributed by atoms with van der Waals surface area (Å²) < 4.78 is 27.2. The second kappa shape index (κ2) is 4.85. The topological polar surface area (TPSA) is 87.7 Å². The molecular weight excluding hydrogens is 288 g/mol. The molecule has 7 heteroatoms. The molecule has 0 atom stereocenters. The average molecular weight is 302 g/mol. The van der Waals surface area contributed by atoms with E-state index in [1.54, 1.807) is 30.3 Å². The number of anilines is 1. The van der Waals surface area contributed by atoms with E-state index in [0.717, 1.165) is 11.3 Å². The van der Waals surface area contributed by atoms with Gasteiger partial charge in [-0.1, -0.05) is 17.7 Å². The highest BCUT2D eigenvalue weighted by Crippen LogP contribution is 2.22. The number of aromatic amines is 1. The molecule has 3 rings (SSSR count). The molecule has 0 aliphatic carbocycles. The van der Waals surface area contributed by atoms with Gasteiger partial charge in [0.1, 0.15) is 0 Å². The Bertz CT molecular complexity index is 898. The second-order valence-electron chi connectivity index (χ2n) is 4.84. The summed E-state index contributed by atoms with van der Waals surface area (Å²) in [6.07, 6.45) is 0. The first-order valence-corrected chi connectivity index (χ1v) is 7.85. The van der Waals surface area contributed by atoms with E-state index in [4.69, 9.17) is 0 Å². The van der Waals surface area contributed by atoms with E-state index >= 15 is 0 Å². The van der Waals surface area contributed by atoms with Crippen molar-refractivity contribution in [3.05, 3.63) is 47.7 Å². The number of aryl methyl sites for hydroxylation is 2. The van der Waals surface area contributed by atoms with Crippen molar-refractivity contribution < 1.29 is 8.42 Å². The standard InChI is InChI=1S/C14H14N4O2S/c1-9-3-6-11(7-4-9)21(19,20)18-14-12-8-5-10(2)15-13(12)16-17-14/h3-8H,1-2H3,(H2,15,16,17,18). The lowest BCUT2D eigenvalue weighted by Crippen LogP contribution is -2.13. The van der Waals surface area contributed by atoms with E-state index in [0.29, 0.717) is 11.0 Å². The van der Waals surface area contributed by atoms with Crippen molar-refractivity contribution in [1.29, 1.82) is 0 Å². The highest BCUT2D eigenvalue weighted by molar-refractivity contribution is 7.92. The predicted molar refractivity (Wildman–Crippen MR) is 80.6 cm³/mol. The lowest BCUT2D eigenvalue weighted by molar-refractivity contribution is 0.601. The summed E-state index contributed by atoms with van der Waals surface area (Å²) >= 11 is 0. The number of rotatable bonds is 3. The van der Waals surface area contributed by atoms with Gasteiger partial charge < -0.3 is 0 Å². The number of pyridine rings is 1. The number of sulfonamides is 1. The fourth-order valence-corrected chi connectivity index (χ4v) is 3.01. The molecule has 0 saturated carbocycles. The molecule has 108 valence electrons. The zero-order valence-corrected chi connectivity index (χ0v) is 12.4. The number of nitrogens with zero attached hydrogens (tertiary/aromatic N) is 2. The summed E-state index contributed by atoms with van der Waals surface area (Å²) in [5.74, 6) is 0.248. The van der Waals surface area contributed by atoms with Crippen LogP contribution in [-0.4, -0.2) is 23.6 Å². The number of H-pyrrole nitrogens is 1. The summed E-state index contributed by atoms with van der Waals surface area (Å²) in [6, 6.07) is 10.2. The van der Waals surface area contributed by atoms with Gasteiger partial charge in [0.2, 0.25) is 0 Å². The molecule has 0 bridgehead atoms. The molecule has 0 radical (unpaired) electrons. The van der Waals surface area contributed by atoms with E-state index in [1.807, 2.05) is 19.9 Å². The monoisotopic (exact) mass is 302 g/mol. The highest BCUT2D eigenvalue weighted by atomic mass is 32.2. The van der Waals surface area contributed by atoms with Crippen LogP contribution in [0.4, 0.5) is 5.82 Å². The maximum atomic E-state index is 12.3. The Balaban J connectivity index is 1.99. The first-order chi connectivity index (χ1) is 9.95. The normalized spacial score (nSPS) is 11.7. The fraction of sp³-hybridized carbons (Fsp3) is 0.143. The van der Waals surface area contributed by atoms with Gasteiger partial charge in [-0.3, -0.25) is 9.82 Å². The average Bonchev–Trinajstić information content (AvgIpc) is 2.81. The minimum Gasteiger partial charge on any atom is -0.261 e. The number of benzene rings is 1. The maximum absolute atomic E-state index is 12.3. The zero-order valence-electron chi connectivity index (χ0n) is 11.6. The molecule has 0 saturated heterocycles. The Morgan fingerprint density at radius 2 is 1.76 bits per heavy atom. The van der Waals surface area contributed by atoms with Gasteiger partial charge in [0.15, 0.2) is 11.5 Å². The third kappa shape index (κ3) is 2.59. The van der Waals surface area contributed by atoms with Gasteiger partial charge in [0, 0.05) is 5.69 Å². The summed E-state index contributed by atoms with van der Waals surface area (Å²) in [5, 5.41) is 7.35. The van der Waals surface area contributed by atoms with Crippen LogP contribution in [0.3, 0.4) is 0 Å². The van der Waals surface area contributed by atoms with Crippen LogP contribution in [0.5, 0.6) is 0 Å². The van der Waals surface area contributed by atoms with Crippen LogP contribution in [0, 0.1) is 13.8 Å². The first kappa shape index (κ1) is 13.6. The van der Waals surface area contributed by atoms with Crippen molar-refractivity contribution in [2.75, 3.05) is 4.72 Å². The van der Waals surface area contributed by atoms with Crippen LogP contribution in [0.1, 0.15) is 11.3 Å². The lowest BCUT2D eigenvalue weighted by atomic mass is 10.2. The van der Waals surface area contributed by atoms with Crippen LogP contribution in [-0.2, 0) is 10.0 Å². The summed E-state index contributed by atoms with van der Waals surface area (Å²) in [5.41, 5.74) is 2.38. The third-order valence-electron chi connectivity index (χ3n) is 3.13. The minimum atomic E-state index is -3.66. The van der Waals surface area contributed by atoms with E-state index in [1.165, 1.54) is 0 Å². The third-order valence-corrected chi connectivity index (χ3v) is 4.48. The van der Waals surface area contributed by atoms with Crippen molar-refractivity contribution in [3.8, 4) is 0 Å². The number of fused-ring (bicyclic) bond motifs is 1. The van der Waals surface area contributed by atoms with Crippen molar-refractivity contribution in [2.45, 2.75) is 18.7 Å². The van der Waals surface area contributed by atoms with Gasteiger partial charge in [-0.15, -0.1) is 0 Å². The molecule has 2 heterocycles. The predicted octanol–water partition coefficient (Wildman–Crippen LogP) is 2.38. The molecule has 0 amide bonds. The van der Waals surface area contributed by atoms with Gasteiger partial charge in [-0.2, -0.15) is 5.10 Å². The number of nitrogens with one attached hydrogen (secondary N) is 2. The van der Waals surface area contributed by atoms with E-state index < -0.39 is 10.0 Å². The van der Waals surface area contributed by atoms with Gasteiger partial charge in [-0.05, 0) is 38.1 Å². The smallest absolute Gasteiger partial charge is 0.261 e. The SMILES string of the molecule is Cc1ccc(S(=O)(=O)Nc2n[nH]c3nc(C)ccc23)cc1. The lowest BCUT2D eigenvalue weighted by Gasteiger charge is -2.06. The Hall–Kier alpha value is -2.41. The van der Waals surface area contributed by atoms with Crippen molar-refractivity contribution in [1.82, 2.24) is 15.2 Å². The second-order valence-corrected chi connectivity index (χ2v) is 6.52.